The molecule has 142 valence electrons. The Hall–Kier alpha value is -3.81. The number of aromatic amines is 1. The SMILES string of the molecule is CN(Cc1cccc(-c2ccn(C)n2)c1O)c1ccc2[nH]nc(C(=O)O)c2c1. The fourth-order valence-electron chi connectivity index (χ4n) is 3.23. The van der Waals surface area contributed by atoms with Crippen molar-refractivity contribution in [3.8, 4) is 17.0 Å². The molecule has 0 spiro atoms. The maximum atomic E-state index is 11.3. The molecular weight excluding hydrogens is 358 g/mol. The summed E-state index contributed by atoms with van der Waals surface area (Å²) in [6.07, 6.45) is 1.83. The van der Waals surface area contributed by atoms with Gasteiger partial charge in [0, 0.05) is 49.0 Å². The number of nitrogens with zero attached hydrogens (tertiary/aromatic N) is 4. The second-order valence-electron chi connectivity index (χ2n) is 6.65. The minimum absolute atomic E-state index is 0.00903. The van der Waals surface area contributed by atoms with Crippen molar-refractivity contribution in [1.82, 2.24) is 20.0 Å². The van der Waals surface area contributed by atoms with Gasteiger partial charge in [-0.3, -0.25) is 9.78 Å². The number of hydrogen-bond acceptors (Lipinski definition) is 5. The summed E-state index contributed by atoms with van der Waals surface area (Å²) in [5, 5.41) is 31.5. The first-order valence-electron chi connectivity index (χ1n) is 8.67. The summed E-state index contributed by atoms with van der Waals surface area (Å²) in [6, 6.07) is 12.9. The number of aromatic hydroxyl groups is 1. The van der Waals surface area contributed by atoms with E-state index in [0.717, 1.165) is 11.3 Å². The maximum absolute atomic E-state index is 11.3. The third kappa shape index (κ3) is 3.05. The molecule has 2 aromatic heterocycles. The van der Waals surface area contributed by atoms with Crippen molar-refractivity contribution in [3.63, 3.8) is 0 Å². The molecule has 0 aliphatic carbocycles. The van der Waals surface area contributed by atoms with Crippen LogP contribution in [0.2, 0.25) is 0 Å². The molecule has 0 bridgehead atoms. The number of carboxylic acid groups (broad SMARTS) is 1. The number of fused-ring (bicyclic) bond motifs is 1. The van der Waals surface area contributed by atoms with E-state index in [1.807, 2.05) is 55.5 Å². The Kier molecular flexibility index (Phi) is 4.23. The van der Waals surface area contributed by atoms with Crippen LogP contribution in [-0.2, 0) is 13.6 Å². The standard InChI is InChI=1S/C20H19N5O3/c1-24(13-6-7-16-15(10-13)18(20(27)28)22-21-16)11-12-4-3-5-14(19(12)26)17-8-9-25(2)23-17/h3-10,26H,11H2,1-2H3,(H,21,22)(H,27,28). The minimum Gasteiger partial charge on any atom is -0.507 e. The largest absolute Gasteiger partial charge is 0.507 e. The number of H-pyrrole nitrogens is 1. The van der Waals surface area contributed by atoms with Gasteiger partial charge in [-0.25, -0.2) is 4.79 Å². The number of aryl methyl sites for hydroxylation is 1. The van der Waals surface area contributed by atoms with Crippen LogP contribution in [0.5, 0.6) is 5.75 Å². The first-order chi connectivity index (χ1) is 13.4. The van der Waals surface area contributed by atoms with Crippen molar-refractivity contribution in [1.29, 1.82) is 0 Å². The van der Waals surface area contributed by atoms with Gasteiger partial charge in [0.15, 0.2) is 5.69 Å². The molecule has 0 aliphatic rings. The van der Waals surface area contributed by atoms with Crippen molar-refractivity contribution in [2.75, 3.05) is 11.9 Å². The van der Waals surface area contributed by atoms with Crippen LogP contribution in [-0.4, -0.2) is 43.2 Å². The Morgan fingerprint density at radius 3 is 2.79 bits per heavy atom. The molecule has 4 rings (SSSR count). The normalized spacial score (nSPS) is 11.1. The molecule has 0 saturated carbocycles. The molecular formula is C20H19N5O3. The molecule has 0 saturated heterocycles. The highest BCUT2D eigenvalue weighted by Gasteiger charge is 2.16. The number of carbonyl (C=O) groups is 1. The summed E-state index contributed by atoms with van der Waals surface area (Å²) in [4.78, 5) is 13.3. The summed E-state index contributed by atoms with van der Waals surface area (Å²) >= 11 is 0. The number of phenols is 1. The van der Waals surface area contributed by atoms with E-state index in [1.165, 1.54) is 0 Å². The Morgan fingerprint density at radius 1 is 1.25 bits per heavy atom. The zero-order chi connectivity index (χ0) is 19.8. The number of aromatic nitrogens is 4. The van der Waals surface area contributed by atoms with Gasteiger partial charge in [-0.05, 0) is 30.3 Å². The Labute approximate surface area is 160 Å². The third-order valence-electron chi connectivity index (χ3n) is 4.71. The second kappa shape index (κ2) is 6.73. The van der Waals surface area contributed by atoms with Gasteiger partial charge in [0.1, 0.15) is 5.75 Å². The van der Waals surface area contributed by atoms with E-state index in [-0.39, 0.29) is 11.4 Å². The predicted octanol–water partition coefficient (Wildman–Crippen LogP) is 3.00. The Balaban J connectivity index is 1.65. The average molecular weight is 377 g/mol. The van der Waals surface area contributed by atoms with Crippen molar-refractivity contribution in [2.45, 2.75) is 6.54 Å². The second-order valence-corrected chi connectivity index (χ2v) is 6.65. The number of phenolic OH excluding ortho intramolecular Hbond substituents is 1. The zero-order valence-corrected chi connectivity index (χ0v) is 15.4. The average Bonchev–Trinajstić information content (AvgIpc) is 3.29. The van der Waals surface area contributed by atoms with Crippen LogP contribution < -0.4 is 4.90 Å². The van der Waals surface area contributed by atoms with E-state index < -0.39 is 5.97 Å². The van der Waals surface area contributed by atoms with Gasteiger partial charge in [0.05, 0.1) is 11.2 Å². The van der Waals surface area contributed by atoms with Gasteiger partial charge < -0.3 is 15.1 Å². The van der Waals surface area contributed by atoms with Crippen LogP contribution in [0.4, 0.5) is 5.69 Å². The molecule has 0 fully saturated rings. The van der Waals surface area contributed by atoms with E-state index in [0.29, 0.717) is 28.7 Å². The molecule has 0 aliphatic heterocycles. The third-order valence-corrected chi connectivity index (χ3v) is 4.71. The van der Waals surface area contributed by atoms with Gasteiger partial charge in [0.2, 0.25) is 0 Å². The maximum Gasteiger partial charge on any atom is 0.357 e. The molecule has 0 amide bonds. The van der Waals surface area contributed by atoms with Gasteiger partial charge in [-0.15, -0.1) is 0 Å². The van der Waals surface area contributed by atoms with Crippen LogP contribution >= 0.6 is 0 Å². The van der Waals surface area contributed by atoms with E-state index in [1.54, 1.807) is 16.8 Å². The lowest BCUT2D eigenvalue weighted by atomic mass is 10.1. The Bertz CT molecular complexity index is 1180. The number of hydrogen-bond donors (Lipinski definition) is 3. The summed E-state index contributed by atoms with van der Waals surface area (Å²) in [5.41, 5.74) is 3.59. The molecule has 4 aromatic rings. The van der Waals surface area contributed by atoms with Gasteiger partial charge in [0.25, 0.3) is 0 Å². The molecule has 0 radical (unpaired) electrons. The summed E-state index contributed by atoms with van der Waals surface area (Å²) in [5.74, 6) is -0.893. The highest BCUT2D eigenvalue weighted by molar-refractivity contribution is 6.01. The zero-order valence-electron chi connectivity index (χ0n) is 15.4. The van der Waals surface area contributed by atoms with E-state index >= 15 is 0 Å². The van der Waals surface area contributed by atoms with Gasteiger partial charge in [-0.1, -0.05) is 12.1 Å². The van der Waals surface area contributed by atoms with Crippen molar-refractivity contribution < 1.29 is 15.0 Å². The van der Waals surface area contributed by atoms with Gasteiger partial charge in [-0.2, -0.15) is 10.2 Å². The highest BCUT2D eigenvalue weighted by atomic mass is 16.4. The first kappa shape index (κ1) is 17.6. The summed E-state index contributed by atoms with van der Waals surface area (Å²) < 4.78 is 1.69. The summed E-state index contributed by atoms with van der Waals surface area (Å²) in [6.45, 7) is 0.443. The lowest BCUT2D eigenvalue weighted by Crippen LogP contribution is -2.16. The topological polar surface area (TPSA) is 107 Å². The molecule has 8 nitrogen and oxygen atoms in total. The molecule has 2 aromatic carbocycles. The van der Waals surface area contributed by atoms with Crippen molar-refractivity contribution >= 4 is 22.6 Å². The van der Waals surface area contributed by atoms with Crippen LogP contribution in [0, 0.1) is 0 Å². The molecule has 0 atom stereocenters. The number of rotatable bonds is 5. The predicted molar refractivity (Wildman–Crippen MR) is 105 cm³/mol. The van der Waals surface area contributed by atoms with Crippen LogP contribution in [0.25, 0.3) is 22.2 Å². The minimum atomic E-state index is -1.08. The number of aromatic carboxylic acids is 1. The number of carboxylic acids is 1. The lowest BCUT2D eigenvalue weighted by molar-refractivity contribution is 0.0692. The molecule has 0 unspecified atom stereocenters. The van der Waals surface area contributed by atoms with Gasteiger partial charge >= 0.3 is 5.97 Å². The molecule has 28 heavy (non-hydrogen) atoms. The molecule has 8 heteroatoms. The van der Waals surface area contributed by atoms with E-state index in [4.69, 9.17) is 0 Å². The molecule has 2 heterocycles. The number of para-hydroxylation sites is 1. The van der Waals surface area contributed by atoms with Crippen LogP contribution in [0.1, 0.15) is 16.1 Å². The quantitative estimate of drug-likeness (QED) is 0.493. The number of benzene rings is 2. The number of anilines is 1. The lowest BCUT2D eigenvalue weighted by Gasteiger charge is -2.21. The fourth-order valence-corrected chi connectivity index (χ4v) is 3.23. The highest BCUT2D eigenvalue weighted by Crippen LogP contribution is 2.32. The monoisotopic (exact) mass is 377 g/mol. The van der Waals surface area contributed by atoms with Crippen molar-refractivity contribution in [3.05, 3.63) is 59.9 Å². The summed E-state index contributed by atoms with van der Waals surface area (Å²) in [7, 11) is 3.71. The number of nitrogens with one attached hydrogen (secondary N) is 1. The molecule has 3 N–H and O–H groups in total. The van der Waals surface area contributed by atoms with Crippen LogP contribution in [0.15, 0.2) is 48.7 Å². The van der Waals surface area contributed by atoms with E-state index in [9.17, 15) is 15.0 Å². The van der Waals surface area contributed by atoms with Crippen molar-refractivity contribution in [2.24, 2.45) is 7.05 Å². The fraction of sp³-hybridized carbons (Fsp3) is 0.150. The van der Waals surface area contributed by atoms with Crippen LogP contribution in [0.3, 0.4) is 0 Å². The first-order valence-corrected chi connectivity index (χ1v) is 8.67. The Morgan fingerprint density at radius 2 is 2.07 bits per heavy atom. The van der Waals surface area contributed by atoms with E-state index in [2.05, 4.69) is 15.3 Å². The smallest absolute Gasteiger partial charge is 0.357 e.